The van der Waals surface area contributed by atoms with Gasteiger partial charge in [0, 0.05) is 50.2 Å². The third kappa shape index (κ3) is 2.87. The summed E-state index contributed by atoms with van der Waals surface area (Å²) in [6.07, 6.45) is 7.66. The molecule has 0 aromatic carbocycles. The van der Waals surface area contributed by atoms with Crippen molar-refractivity contribution in [1.29, 1.82) is 0 Å². The highest BCUT2D eigenvalue weighted by molar-refractivity contribution is 5.02. The van der Waals surface area contributed by atoms with Crippen LogP contribution in [-0.4, -0.2) is 57.1 Å². The Hall–Kier alpha value is -0.910. The molecule has 1 saturated heterocycles. The summed E-state index contributed by atoms with van der Waals surface area (Å²) in [5.74, 6) is 1.19. The molecule has 3 heterocycles. The first-order valence-electron chi connectivity index (χ1n) is 8.34. The molecule has 0 aliphatic carbocycles. The number of fused-ring (bicyclic) bond motifs is 1. The lowest BCUT2D eigenvalue weighted by Crippen LogP contribution is -2.56. The molecule has 2 aliphatic heterocycles. The van der Waals surface area contributed by atoms with Gasteiger partial charge in [0.1, 0.15) is 5.82 Å². The highest BCUT2D eigenvalue weighted by Gasteiger charge is 2.39. The SMILES string of the molecule is CC(C)N1CCCC(CN)(N2CCn3ccnc3C2)CC1. The molecule has 0 saturated carbocycles. The van der Waals surface area contributed by atoms with Crippen molar-refractivity contribution in [2.24, 2.45) is 5.73 Å². The van der Waals surface area contributed by atoms with E-state index in [1.807, 2.05) is 6.20 Å². The van der Waals surface area contributed by atoms with Gasteiger partial charge in [-0.05, 0) is 39.7 Å². The summed E-state index contributed by atoms with van der Waals surface area (Å²) < 4.78 is 2.28. The van der Waals surface area contributed by atoms with E-state index in [1.54, 1.807) is 0 Å². The quantitative estimate of drug-likeness (QED) is 0.912. The maximum absolute atomic E-state index is 6.27. The van der Waals surface area contributed by atoms with Crippen molar-refractivity contribution in [3.8, 4) is 0 Å². The number of aromatic nitrogens is 2. The summed E-state index contributed by atoms with van der Waals surface area (Å²) in [5.41, 5.74) is 6.44. The topological polar surface area (TPSA) is 50.3 Å². The Morgan fingerprint density at radius 2 is 2.10 bits per heavy atom. The summed E-state index contributed by atoms with van der Waals surface area (Å²) in [7, 11) is 0. The van der Waals surface area contributed by atoms with Crippen LogP contribution in [-0.2, 0) is 13.1 Å². The highest BCUT2D eigenvalue weighted by atomic mass is 15.3. The van der Waals surface area contributed by atoms with Crippen LogP contribution < -0.4 is 5.73 Å². The molecule has 3 rings (SSSR count). The number of likely N-dealkylation sites (tertiary alicyclic amines) is 1. The second kappa shape index (κ2) is 6.07. The van der Waals surface area contributed by atoms with Gasteiger partial charge in [0.15, 0.2) is 0 Å². The zero-order chi connectivity index (χ0) is 14.9. The lowest BCUT2D eigenvalue weighted by atomic mass is 9.88. The van der Waals surface area contributed by atoms with Gasteiger partial charge < -0.3 is 15.2 Å². The van der Waals surface area contributed by atoms with Crippen LogP contribution in [0.3, 0.4) is 0 Å². The zero-order valence-corrected chi connectivity index (χ0v) is 13.5. The Kier molecular flexibility index (Phi) is 4.33. The van der Waals surface area contributed by atoms with E-state index in [1.165, 1.54) is 38.2 Å². The van der Waals surface area contributed by atoms with E-state index in [0.717, 1.165) is 26.2 Å². The summed E-state index contributed by atoms with van der Waals surface area (Å²) in [6.45, 7) is 10.8. The van der Waals surface area contributed by atoms with E-state index in [4.69, 9.17) is 5.73 Å². The standard InChI is InChI=1S/C16H29N5/c1-14(2)19-7-3-4-16(13-17,5-8-19)21-11-10-20-9-6-18-15(20)12-21/h6,9,14H,3-5,7-8,10-13,17H2,1-2H3. The molecule has 1 unspecified atom stereocenters. The zero-order valence-electron chi connectivity index (χ0n) is 13.5. The van der Waals surface area contributed by atoms with E-state index < -0.39 is 0 Å². The Bertz CT molecular complexity index is 469. The summed E-state index contributed by atoms with van der Waals surface area (Å²) in [5, 5.41) is 0. The lowest BCUT2D eigenvalue weighted by Gasteiger charge is -2.45. The molecule has 5 heteroatoms. The van der Waals surface area contributed by atoms with Crippen molar-refractivity contribution in [2.75, 3.05) is 26.2 Å². The van der Waals surface area contributed by atoms with Crippen molar-refractivity contribution in [2.45, 2.75) is 57.8 Å². The van der Waals surface area contributed by atoms with Crippen molar-refractivity contribution in [3.63, 3.8) is 0 Å². The number of nitrogens with two attached hydrogens (primary N) is 1. The molecular formula is C16H29N5. The Labute approximate surface area is 128 Å². The minimum Gasteiger partial charge on any atom is -0.333 e. The van der Waals surface area contributed by atoms with Gasteiger partial charge >= 0.3 is 0 Å². The van der Waals surface area contributed by atoms with Gasteiger partial charge in [-0.2, -0.15) is 0 Å². The average molecular weight is 291 g/mol. The van der Waals surface area contributed by atoms with Crippen LogP contribution in [0.15, 0.2) is 12.4 Å². The fourth-order valence-corrected chi connectivity index (χ4v) is 3.94. The van der Waals surface area contributed by atoms with Gasteiger partial charge in [-0.25, -0.2) is 4.98 Å². The molecule has 0 radical (unpaired) electrons. The largest absolute Gasteiger partial charge is 0.333 e. The molecule has 1 aromatic rings. The fraction of sp³-hybridized carbons (Fsp3) is 0.812. The fourth-order valence-electron chi connectivity index (χ4n) is 3.94. The smallest absolute Gasteiger partial charge is 0.122 e. The number of hydrogen-bond acceptors (Lipinski definition) is 4. The molecular weight excluding hydrogens is 262 g/mol. The molecule has 5 nitrogen and oxygen atoms in total. The number of rotatable bonds is 3. The van der Waals surface area contributed by atoms with Crippen LogP contribution in [0.4, 0.5) is 0 Å². The van der Waals surface area contributed by atoms with E-state index in [9.17, 15) is 0 Å². The van der Waals surface area contributed by atoms with Gasteiger partial charge in [-0.3, -0.25) is 4.90 Å². The molecule has 0 spiro atoms. The Morgan fingerprint density at radius 3 is 2.86 bits per heavy atom. The summed E-state index contributed by atoms with van der Waals surface area (Å²) in [6, 6.07) is 0.638. The van der Waals surface area contributed by atoms with Crippen LogP contribution in [0, 0.1) is 0 Å². The molecule has 1 aromatic heterocycles. The van der Waals surface area contributed by atoms with Crippen molar-refractivity contribution in [1.82, 2.24) is 19.4 Å². The van der Waals surface area contributed by atoms with Crippen molar-refractivity contribution >= 4 is 0 Å². The number of hydrogen-bond donors (Lipinski definition) is 1. The van der Waals surface area contributed by atoms with Crippen molar-refractivity contribution in [3.05, 3.63) is 18.2 Å². The minimum absolute atomic E-state index is 0.167. The molecule has 118 valence electrons. The third-order valence-electron chi connectivity index (χ3n) is 5.48. The molecule has 2 aliphatic rings. The first-order valence-corrected chi connectivity index (χ1v) is 8.34. The second-order valence-electron chi connectivity index (χ2n) is 6.87. The molecule has 1 atom stereocenters. The molecule has 0 bridgehead atoms. The van der Waals surface area contributed by atoms with E-state index in [-0.39, 0.29) is 5.54 Å². The van der Waals surface area contributed by atoms with E-state index >= 15 is 0 Å². The summed E-state index contributed by atoms with van der Waals surface area (Å²) >= 11 is 0. The third-order valence-corrected chi connectivity index (χ3v) is 5.48. The predicted octanol–water partition coefficient (Wildman–Crippen LogP) is 1.29. The normalized spacial score (nSPS) is 28.6. The van der Waals surface area contributed by atoms with Crippen LogP contribution in [0.2, 0.25) is 0 Å². The maximum atomic E-state index is 6.27. The Balaban J connectivity index is 1.75. The molecule has 2 N–H and O–H groups in total. The van der Waals surface area contributed by atoms with Gasteiger partial charge in [-0.1, -0.05) is 0 Å². The van der Waals surface area contributed by atoms with E-state index in [0.29, 0.717) is 6.04 Å². The second-order valence-corrected chi connectivity index (χ2v) is 6.87. The van der Waals surface area contributed by atoms with Gasteiger partial charge in [0.2, 0.25) is 0 Å². The Morgan fingerprint density at radius 1 is 1.24 bits per heavy atom. The maximum Gasteiger partial charge on any atom is 0.122 e. The van der Waals surface area contributed by atoms with Crippen LogP contribution in [0.1, 0.15) is 38.9 Å². The average Bonchev–Trinajstić information content (AvgIpc) is 2.84. The van der Waals surface area contributed by atoms with Crippen LogP contribution in [0.5, 0.6) is 0 Å². The first kappa shape index (κ1) is 15.0. The molecule has 0 amide bonds. The monoisotopic (exact) mass is 291 g/mol. The van der Waals surface area contributed by atoms with E-state index in [2.05, 4.69) is 39.4 Å². The highest BCUT2D eigenvalue weighted by Crippen LogP contribution is 2.31. The van der Waals surface area contributed by atoms with Crippen molar-refractivity contribution < 1.29 is 0 Å². The van der Waals surface area contributed by atoms with Crippen LogP contribution in [0.25, 0.3) is 0 Å². The predicted molar refractivity (Wildman–Crippen MR) is 85.0 cm³/mol. The lowest BCUT2D eigenvalue weighted by molar-refractivity contribution is 0.0491. The molecule has 21 heavy (non-hydrogen) atoms. The minimum atomic E-state index is 0.167. The molecule has 1 fully saturated rings. The van der Waals surface area contributed by atoms with Gasteiger partial charge in [0.25, 0.3) is 0 Å². The summed E-state index contributed by atoms with van der Waals surface area (Å²) in [4.78, 5) is 9.71. The number of nitrogens with zero attached hydrogens (tertiary/aromatic N) is 4. The first-order chi connectivity index (χ1) is 10.1. The number of imidazole rings is 1. The van der Waals surface area contributed by atoms with Gasteiger partial charge in [0.05, 0.1) is 6.54 Å². The van der Waals surface area contributed by atoms with Gasteiger partial charge in [-0.15, -0.1) is 0 Å². The van der Waals surface area contributed by atoms with Crippen LogP contribution >= 0.6 is 0 Å².